The highest BCUT2D eigenvalue weighted by Gasteiger charge is 2.29. The van der Waals surface area contributed by atoms with Crippen molar-refractivity contribution in [2.45, 2.75) is 31.6 Å². The van der Waals surface area contributed by atoms with Gasteiger partial charge in [0, 0.05) is 24.3 Å². The highest BCUT2D eigenvalue weighted by atomic mass is 19.4. The van der Waals surface area contributed by atoms with Crippen LogP contribution in [0.3, 0.4) is 0 Å². The van der Waals surface area contributed by atoms with Gasteiger partial charge in [0.05, 0.1) is 0 Å². The lowest BCUT2D eigenvalue weighted by Crippen LogP contribution is -2.21. The summed E-state index contributed by atoms with van der Waals surface area (Å²) in [6.45, 7) is -0.813. The average Bonchev–Trinajstić information content (AvgIpc) is 3.07. The Morgan fingerprint density at radius 1 is 1.41 bits per heavy atom. The highest BCUT2D eigenvalue weighted by molar-refractivity contribution is 5.25. The topological polar surface area (TPSA) is 34.1 Å². The maximum atomic E-state index is 12.0. The van der Waals surface area contributed by atoms with E-state index in [2.05, 4.69) is 15.0 Å². The Bertz CT molecular complexity index is 377. The number of pyridine rings is 1. The van der Waals surface area contributed by atoms with Gasteiger partial charge in [-0.1, -0.05) is 6.07 Å². The molecule has 0 spiro atoms. The lowest BCUT2D eigenvalue weighted by Gasteiger charge is -2.12. The largest absolute Gasteiger partial charge is 0.468 e. The molecule has 2 rings (SSSR count). The molecule has 1 aromatic heterocycles. The molecule has 0 bridgehead atoms. The lowest BCUT2D eigenvalue weighted by atomic mass is 10.2. The SMILES string of the molecule is FC(F)(F)COc1ncccc1CNC1CC1. The zero-order valence-electron chi connectivity index (χ0n) is 9.13. The molecule has 6 heteroatoms. The van der Waals surface area contributed by atoms with E-state index in [1.807, 2.05) is 0 Å². The van der Waals surface area contributed by atoms with Crippen LogP contribution >= 0.6 is 0 Å². The van der Waals surface area contributed by atoms with E-state index < -0.39 is 12.8 Å². The lowest BCUT2D eigenvalue weighted by molar-refractivity contribution is -0.154. The number of ether oxygens (including phenoxy) is 1. The van der Waals surface area contributed by atoms with Crippen LogP contribution in [0.25, 0.3) is 0 Å². The summed E-state index contributed by atoms with van der Waals surface area (Å²) in [6, 6.07) is 3.89. The number of rotatable bonds is 5. The van der Waals surface area contributed by atoms with Gasteiger partial charge in [0.25, 0.3) is 0 Å². The number of nitrogens with one attached hydrogen (secondary N) is 1. The van der Waals surface area contributed by atoms with Gasteiger partial charge in [-0.2, -0.15) is 13.2 Å². The highest BCUT2D eigenvalue weighted by Crippen LogP contribution is 2.22. The molecule has 1 heterocycles. The van der Waals surface area contributed by atoms with Crippen LogP contribution in [0.4, 0.5) is 13.2 Å². The van der Waals surface area contributed by atoms with E-state index in [0.29, 0.717) is 18.2 Å². The number of aromatic nitrogens is 1. The van der Waals surface area contributed by atoms with Crippen LogP contribution in [0.5, 0.6) is 5.88 Å². The van der Waals surface area contributed by atoms with Crippen LogP contribution in [0.2, 0.25) is 0 Å². The van der Waals surface area contributed by atoms with Crippen LogP contribution in [0.15, 0.2) is 18.3 Å². The van der Waals surface area contributed by atoms with Gasteiger partial charge >= 0.3 is 6.18 Å². The normalized spacial score (nSPS) is 15.9. The molecule has 0 amide bonds. The van der Waals surface area contributed by atoms with Crippen molar-refractivity contribution in [2.24, 2.45) is 0 Å². The fourth-order valence-corrected chi connectivity index (χ4v) is 1.38. The van der Waals surface area contributed by atoms with E-state index in [-0.39, 0.29) is 5.88 Å². The zero-order valence-corrected chi connectivity index (χ0v) is 9.13. The first-order chi connectivity index (χ1) is 8.04. The molecule has 94 valence electrons. The molecular formula is C11H13F3N2O. The van der Waals surface area contributed by atoms with Crippen molar-refractivity contribution in [1.82, 2.24) is 10.3 Å². The van der Waals surface area contributed by atoms with Crippen LogP contribution < -0.4 is 10.1 Å². The van der Waals surface area contributed by atoms with Gasteiger partial charge in [-0.05, 0) is 18.9 Å². The van der Waals surface area contributed by atoms with Gasteiger partial charge in [0.1, 0.15) is 0 Å². The number of nitrogens with zero attached hydrogens (tertiary/aromatic N) is 1. The molecule has 3 nitrogen and oxygen atoms in total. The summed E-state index contributed by atoms with van der Waals surface area (Å²) >= 11 is 0. The smallest absolute Gasteiger partial charge is 0.422 e. The van der Waals surface area contributed by atoms with Crippen LogP contribution in [0.1, 0.15) is 18.4 Å². The number of alkyl halides is 3. The minimum Gasteiger partial charge on any atom is -0.468 e. The van der Waals surface area contributed by atoms with Gasteiger partial charge in [0.2, 0.25) is 5.88 Å². The van der Waals surface area contributed by atoms with Gasteiger partial charge in [0.15, 0.2) is 6.61 Å². The fourth-order valence-electron chi connectivity index (χ4n) is 1.38. The molecule has 0 aliphatic heterocycles. The Kier molecular flexibility index (Phi) is 3.51. The standard InChI is InChI=1S/C11H13F3N2O/c12-11(13,14)7-17-10-8(2-1-5-15-10)6-16-9-3-4-9/h1-2,5,9,16H,3-4,6-7H2. The number of halogens is 3. The van der Waals surface area contributed by atoms with Crippen molar-refractivity contribution in [3.63, 3.8) is 0 Å². The molecule has 17 heavy (non-hydrogen) atoms. The monoisotopic (exact) mass is 246 g/mol. The van der Waals surface area contributed by atoms with E-state index in [4.69, 9.17) is 0 Å². The summed E-state index contributed by atoms with van der Waals surface area (Å²) in [5.74, 6) is 0.0537. The second kappa shape index (κ2) is 4.91. The molecule has 1 N–H and O–H groups in total. The third kappa shape index (κ3) is 4.22. The second-order valence-corrected chi connectivity index (χ2v) is 4.03. The number of hydrogen-bond acceptors (Lipinski definition) is 3. The van der Waals surface area contributed by atoms with E-state index >= 15 is 0 Å². The van der Waals surface area contributed by atoms with E-state index in [1.54, 1.807) is 12.1 Å². The summed E-state index contributed by atoms with van der Waals surface area (Å²) in [6.07, 6.45) is -0.664. The Morgan fingerprint density at radius 3 is 2.82 bits per heavy atom. The van der Waals surface area contributed by atoms with E-state index in [1.165, 1.54) is 6.20 Å². The minimum absolute atomic E-state index is 0.0537. The molecule has 0 unspecified atom stereocenters. The summed E-state index contributed by atoms with van der Waals surface area (Å²) in [5, 5.41) is 3.21. The van der Waals surface area contributed by atoms with Gasteiger partial charge in [-0.25, -0.2) is 4.98 Å². The molecule has 1 aromatic rings. The molecule has 0 atom stereocenters. The summed E-state index contributed by atoms with van der Waals surface area (Å²) in [4.78, 5) is 3.82. The first kappa shape index (κ1) is 12.2. The molecule has 0 radical (unpaired) electrons. The second-order valence-electron chi connectivity index (χ2n) is 4.03. The molecular weight excluding hydrogens is 233 g/mol. The quantitative estimate of drug-likeness (QED) is 0.865. The van der Waals surface area contributed by atoms with Crippen molar-refractivity contribution in [3.05, 3.63) is 23.9 Å². The van der Waals surface area contributed by atoms with Crippen molar-refractivity contribution >= 4 is 0 Å². The predicted molar refractivity (Wildman–Crippen MR) is 55.6 cm³/mol. The third-order valence-corrected chi connectivity index (χ3v) is 2.38. The molecule has 1 aliphatic carbocycles. The Hall–Kier alpha value is -1.30. The summed E-state index contributed by atoms with van der Waals surface area (Å²) in [7, 11) is 0. The number of hydrogen-bond donors (Lipinski definition) is 1. The molecule has 1 fully saturated rings. The first-order valence-electron chi connectivity index (χ1n) is 5.41. The van der Waals surface area contributed by atoms with Crippen molar-refractivity contribution in [1.29, 1.82) is 0 Å². The Balaban J connectivity index is 1.94. The van der Waals surface area contributed by atoms with Gasteiger partial charge in [-0.15, -0.1) is 0 Å². The zero-order chi connectivity index (χ0) is 12.3. The van der Waals surface area contributed by atoms with Gasteiger partial charge in [-0.3, -0.25) is 0 Å². The van der Waals surface area contributed by atoms with Crippen LogP contribution in [-0.4, -0.2) is 23.8 Å². The van der Waals surface area contributed by atoms with Crippen molar-refractivity contribution in [2.75, 3.05) is 6.61 Å². The van der Waals surface area contributed by atoms with Gasteiger partial charge < -0.3 is 10.1 Å². The maximum Gasteiger partial charge on any atom is 0.422 e. The summed E-state index contributed by atoms with van der Waals surface area (Å²) < 4.78 is 40.8. The van der Waals surface area contributed by atoms with Crippen molar-refractivity contribution < 1.29 is 17.9 Å². The maximum absolute atomic E-state index is 12.0. The van der Waals surface area contributed by atoms with E-state index in [9.17, 15) is 13.2 Å². The van der Waals surface area contributed by atoms with Crippen LogP contribution in [-0.2, 0) is 6.54 Å². The Morgan fingerprint density at radius 2 is 2.18 bits per heavy atom. The molecule has 0 saturated heterocycles. The van der Waals surface area contributed by atoms with E-state index in [0.717, 1.165) is 12.8 Å². The third-order valence-electron chi connectivity index (χ3n) is 2.38. The minimum atomic E-state index is -4.33. The molecule has 0 aromatic carbocycles. The molecule has 1 aliphatic rings. The fraction of sp³-hybridized carbons (Fsp3) is 0.545. The Labute approximate surface area is 97.0 Å². The van der Waals surface area contributed by atoms with Crippen LogP contribution in [0, 0.1) is 0 Å². The average molecular weight is 246 g/mol. The summed E-state index contributed by atoms with van der Waals surface area (Å²) in [5.41, 5.74) is 0.656. The molecule has 1 saturated carbocycles. The predicted octanol–water partition coefficient (Wildman–Crippen LogP) is 2.27. The first-order valence-corrected chi connectivity index (χ1v) is 5.41. The van der Waals surface area contributed by atoms with Crippen molar-refractivity contribution in [3.8, 4) is 5.88 Å².